The van der Waals surface area contributed by atoms with Crippen LogP contribution in [0.15, 0.2) is 17.6 Å². The van der Waals surface area contributed by atoms with Gasteiger partial charge in [0.05, 0.1) is 10.7 Å². The third-order valence-electron chi connectivity index (χ3n) is 2.80. The summed E-state index contributed by atoms with van der Waals surface area (Å²) in [6.07, 6.45) is 1.68. The predicted octanol–water partition coefficient (Wildman–Crippen LogP) is 2.04. The fourth-order valence-electron chi connectivity index (χ4n) is 1.57. The van der Waals surface area contributed by atoms with Crippen LogP contribution < -0.4 is 5.32 Å². The lowest BCUT2D eigenvalue weighted by molar-refractivity contribution is -0.143. The number of hydrogen-bond donors (Lipinski definition) is 3. The molecule has 0 spiro atoms. The van der Waals surface area contributed by atoms with Crippen LogP contribution in [0.1, 0.15) is 29.3 Å². The second-order valence-corrected chi connectivity index (χ2v) is 6.00. The minimum absolute atomic E-state index is 0.306. The van der Waals surface area contributed by atoms with E-state index in [0.717, 1.165) is 16.3 Å². The summed E-state index contributed by atoms with van der Waals surface area (Å²) in [6, 6.07) is 1.65. The first-order chi connectivity index (χ1) is 9.29. The molecule has 20 heavy (non-hydrogen) atoms. The summed E-state index contributed by atoms with van der Waals surface area (Å²) >= 11 is 1.53. The fourth-order valence-corrected chi connectivity index (χ4v) is 2.20. The Balaban J connectivity index is 2.17. The largest absolute Gasteiger partial charge is 0.480 e. The van der Waals surface area contributed by atoms with E-state index in [2.05, 4.69) is 15.3 Å². The van der Waals surface area contributed by atoms with Crippen LogP contribution in [0.5, 0.6) is 0 Å². The second kappa shape index (κ2) is 5.09. The number of aromatic nitrogens is 2. The van der Waals surface area contributed by atoms with Crippen molar-refractivity contribution in [2.45, 2.75) is 26.3 Å². The van der Waals surface area contributed by atoms with Gasteiger partial charge in [-0.1, -0.05) is 0 Å². The molecule has 2 aromatic heterocycles. The molecule has 2 aromatic rings. The van der Waals surface area contributed by atoms with Crippen molar-refractivity contribution in [1.82, 2.24) is 15.3 Å². The van der Waals surface area contributed by atoms with Gasteiger partial charge >= 0.3 is 5.97 Å². The molecule has 7 heteroatoms. The quantitative estimate of drug-likeness (QED) is 0.804. The maximum atomic E-state index is 12.0. The van der Waals surface area contributed by atoms with Gasteiger partial charge in [0.2, 0.25) is 0 Å². The molecule has 0 saturated carbocycles. The van der Waals surface area contributed by atoms with Crippen LogP contribution in [0.3, 0.4) is 0 Å². The Kier molecular flexibility index (Phi) is 3.63. The molecule has 0 unspecified atom stereocenters. The molecule has 0 aromatic carbocycles. The van der Waals surface area contributed by atoms with Gasteiger partial charge in [-0.05, 0) is 26.8 Å². The topological polar surface area (TPSA) is 95.1 Å². The smallest absolute Gasteiger partial charge is 0.328 e. The van der Waals surface area contributed by atoms with Gasteiger partial charge in [-0.2, -0.15) is 0 Å². The summed E-state index contributed by atoms with van der Waals surface area (Å²) in [6.45, 7) is 4.77. The lowest BCUT2D eigenvalue weighted by Gasteiger charge is -2.20. The summed E-state index contributed by atoms with van der Waals surface area (Å²) in [5.41, 5.74) is 0.576. The third kappa shape index (κ3) is 2.88. The molecular weight excluding hydrogens is 278 g/mol. The predicted molar refractivity (Wildman–Crippen MR) is 75.8 cm³/mol. The number of rotatable bonds is 4. The maximum Gasteiger partial charge on any atom is 0.328 e. The van der Waals surface area contributed by atoms with Crippen LogP contribution in [0.4, 0.5) is 0 Å². The van der Waals surface area contributed by atoms with Crippen LogP contribution in [-0.4, -0.2) is 32.5 Å². The molecular formula is C13H15N3O3S. The molecule has 0 fully saturated rings. The number of amides is 1. The number of nitrogens with one attached hydrogen (secondary N) is 2. The number of thiazole rings is 1. The molecule has 0 bridgehead atoms. The minimum Gasteiger partial charge on any atom is -0.480 e. The molecule has 106 valence electrons. The fraction of sp³-hybridized carbons (Fsp3) is 0.308. The molecule has 0 aliphatic carbocycles. The zero-order valence-corrected chi connectivity index (χ0v) is 12.2. The van der Waals surface area contributed by atoms with Crippen molar-refractivity contribution < 1.29 is 14.7 Å². The van der Waals surface area contributed by atoms with Crippen molar-refractivity contribution in [1.29, 1.82) is 0 Å². The number of carboxylic acids is 1. The summed E-state index contributed by atoms with van der Waals surface area (Å²) in [5, 5.41) is 14.3. The number of carbonyl (C=O) groups excluding carboxylic acids is 1. The standard InChI is InChI=1S/C13H15N3O3S/c1-7-15-10(6-20-7)8-4-9(14-5-8)11(17)16-13(2,3)12(18)19/h4-6,14H,1-3H3,(H,16,17)(H,18,19). The lowest BCUT2D eigenvalue weighted by atomic mass is 10.1. The highest BCUT2D eigenvalue weighted by atomic mass is 32.1. The van der Waals surface area contributed by atoms with E-state index in [9.17, 15) is 9.59 Å². The highest BCUT2D eigenvalue weighted by Gasteiger charge is 2.29. The first-order valence-electron chi connectivity index (χ1n) is 5.96. The van der Waals surface area contributed by atoms with Crippen LogP contribution >= 0.6 is 11.3 Å². The summed E-state index contributed by atoms with van der Waals surface area (Å²) < 4.78 is 0. The number of hydrogen-bond acceptors (Lipinski definition) is 4. The van der Waals surface area contributed by atoms with Crippen molar-refractivity contribution in [3.05, 3.63) is 28.3 Å². The first kappa shape index (κ1) is 14.3. The van der Waals surface area contributed by atoms with Crippen molar-refractivity contribution in [3.8, 4) is 11.3 Å². The van der Waals surface area contributed by atoms with Crippen LogP contribution in [0.25, 0.3) is 11.3 Å². The van der Waals surface area contributed by atoms with Crippen molar-refractivity contribution in [2.75, 3.05) is 0 Å². The number of aliphatic carboxylic acids is 1. The Bertz CT molecular complexity index is 657. The van der Waals surface area contributed by atoms with Gasteiger partial charge in [0.25, 0.3) is 5.91 Å². The third-order valence-corrected chi connectivity index (χ3v) is 3.58. The van der Waals surface area contributed by atoms with Gasteiger partial charge in [-0.15, -0.1) is 11.3 Å². The van der Waals surface area contributed by atoms with Gasteiger partial charge in [0.1, 0.15) is 11.2 Å². The summed E-state index contributed by atoms with van der Waals surface area (Å²) in [4.78, 5) is 30.1. The van der Waals surface area contributed by atoms with Gasteiger partial charge in [-0.3, -0.25) is 4.79 Å². The Morgan fingerprint density at radius 2 is 2.15 bits per heavy atom. The second-order valence-electron chi connectivity index (χ2n) is 4.94. The molecule has 0 aliphatic rings. The normalized spacial score (nSPS) is 11.3. The van der Waals surface area contributed by atoms with Crippen LogP contribution in [-0.2, 0) is 4.79 Å². The molecule has 2 heterocycles. The molecule has 0 saturated heterocycles. The Labute approximate surface area is 119 Å². The van der Waals surface area contributed by atoms with Gasteiger partial charge in [0.15, 0.2) is 0 Å². The minimum atomic E-state index is -1.32. The molecule has 0 aliphatic heterocycles. The number of nitrogens with zero attached hydrogens (tertiary/aromatic N) is 1. The van der Waals surface area contributed by atoms with E-state index in [1.165, 1.54) is 25.2 Å². The molecule has 0 atom stereocenters. The van der Waals surface area contributed by atoms with E-state index in [1.54, 1.807) is 12.3 Å². The number of carboxylic acid groups (broad SMARTS) is 1. The van der Waals surface area contributed by atoms with Gasteiger partial charge in [-0.25, -0.2) is 9.78 Å². The molecule has 3 N–H and O–H groups in total. The van der Waals surface area contributed by atoms with E-state index in [4.69, 9.17) is 5.11 Å². The molecule has 0 radical (unpaired) electrons. The highest BCUT2D eigenvalue weighted by Crippen LogP contribution is 2.22. The van der Waals surface area contributed by atoms with Gasteiger partial charge in [0, 0.05) is 17.1 Å². The number of carbonyl (C=O) groups is 2. The number of aromatic amines is 1. The number of aryl methyl sites for hydroxylation is 1. The Morgan fingerprint density at radius 1 is 1.45 bits per heavy atom. The Morgan fingerprint density at radius 3 is 2.70 bits per heavy atom. The molecule has 1 amide bonds. The molecule has 6 nitrogen and oxygen atoms in total. The maximum absolute atomic E-state index is 12.0. The van der Waals surface area contributed by atoms with Crippen LogP contribution in [0.2, 0.25) is 0 Å². The van der Waals surface area contributed by atoms with Crippen molar-refractivity contribution >= 4 is 23.2 Å². The monoisotopic (exact) mass is 293 g/mol. The number of H-pyrrole nitrogens is 1. The van der Waals surface area contributed by atoms with E-state index < -0.39 is 17.4 Å². The van der Waals surface area contributed by atoms with E-state index in [1.807, 2.05) is 12.3 Å². The van der Waals surface area contributed by atoms with Crippen LogP contribution in [0, 0.1) is 6.92 Å². The SMILES string of the molecule is Cc1nc(-c2c[nH]c(C(=O)NC(C)(C)C(=O)O)c2)cs1. The summed E-state index contributed by atoms with van der Waals surface area (Å²) in [5.74, 6) is -1.55. The van der Waals surface area contributed by atoms with E-state index in [0.29, 0.717) is 5.69 Å². The average molecular weight is 293 g/mol. The first-order valence-corrected chi connectivity index (χ1v) is 6.84. The lowest BCUT2D eigenvalue weighted by Crippen LogP contribution is -2.49. The summed E-state index contributed by atoms with van der Waals surface area (Å²) in [7, 11) is 0. The van der Waals surface area contributed by atoms with Gasteiger partial charge < -0.3 is 15.4 Å². The zero-order chi connectivity index (χ0) is 14.9. The zero-order valence-electron chi connectivity index (χ0n) is 11.4. The van der Waals surface area contributed by atoms with E-state index in [-0.39, 0.29) is 0 Å². The van der Waals surface area contributed by atoms with E-state index >= 15 is 0 Å². The Hall–Kier alpha value is -2.15. The van der Waals surface area contributed by atoms with Crippen molar-refractivity contribution in [3.63, 3.8) is 0 Å². The average Bonchev–Trinajstić information content (AvgIpc) is 2.96. The highest BCUT2D eigenvalue weighted by molar-refractivity contribution is 7.09. The van der Waals surface area contributed by atoms with Crippen molar-refractivity contribution in [2.24, 2.45) is 0 Å². The molecule has 2 rings (SSSR count).